The Morgan fingerprint density at radius 1 is 1.41 bits per heavy atom. The van der Waals surface area contributed by atoms with Gasteiger partial charge in [-0.2, -0.15) is 13.2 Å². The Balaban J connectivity index is 3.28. The van der Waals surface area contributed by atoms with Gasteiger partial charge in [-0.25, -0.2) is 0 Å². The van der Waals surface area contributed by atoms with E-state index in [1.165, 1.54) is 25.1 Å². The molecule has 0 aliphatic heterocycles. The summed E-state index contributed by atoms with van der Waals surface area (Å²) in [6.45, 7) is 1.52. The van der Waals surface area contributed by atoms with Gasteiger partial charge >= 0.3 is 6.18 Å². The molecule has 0 saturated carbocycles. The summed E-state index contributed by atoms with van der Waals surface area (Å²) in [4.78, 5) is 9.88. The number of halogens is 3. The Hall–Kier alpha value is -1.85. The van der Waals surface area contributed by atoms with Crippen molar-refractivity contribution in [2.75, 3.05) is 0 Å². The van der Waals surface area contributed by atoms with Crippen LogP contribution in [0.1, 0.15) is 24.5 Å². The van der Waals surface area contributed by atoms with E-state index >= 15 is 0 Å². The number of benzene rings is 1. The van der Waals surface area contributed by atoms with Crippen molar-refractivity contribution >= 4 is 6.08 Å². The molecule has 0 spiro atoms. The van der Waals surface area contributed by atoms with Gasteiger partial charge in [-0.05, 0) is 11.6 Å². The zero-order valence-electron chi connectivity index (χ0n) is 8.99. The standard InChI is InChI=1S/C11H10F3NO2/c1-2-9(15(16)17)7-8-5-3-4-6-10(8)11(12,13)14/h3-7H,2H2,1H3/b9-7+. The van der Waals surface area contributed by atoms with Crippen LogP contribution in [-0.4, -0.2) is 4.92 Å². The lowest BCUT2D eigenvalue weighted by Gasteiger charge is -2.09. The third-order valence-corrected chi connectivity index (χ3v) is 2.19. The van der Waals surface area contributed by atoms with Gasteiger partial charge in [-0.1, -0.05) is 25.1 Å². The number of alkyl halides is 3. The Morgan fingerprint density at radius 2 is 2.00 bits per heavy atom. The minimum Gasteiger partial charge on any atom is -0.259 e. The van der Waals surface area contributed by atoms with Crippen molar-refractivity contribution in [2.45, 2.75) is 19.5 Å². The predicted octanol–water partition coefficient (Wildman–Crippen LogP) is 3.73. The van der Waals surface area contributed by atoms with Crippen molar-refractivity contribution in [1.29, 1.82) is 0 Å². The SMILES string of the molecule is CC/C(=C\c1ccccc1C(F)(F)F)[N+](=O)[O-]. The van der Waals surface area contributed by atoms with Crippen LogP contribution in [0.4, 0.5) is 13.2 Å². The molecule has 3 nitrogen and oxygen atoms in total. The molecule has 92 valence electrons. The smallest absolute Gasteiger partial charge is 0.259 e. The Morgan fingerprint density at radius 3 is 2.47 bits per heavy atom. The maximum Gasteiger partial charge on any atom is 0.416 e. The van der Waals surface area contributed by atoms with Crippen molar-refractivity contribution in [2.24, 2.45) is 0 Å². The average Bonchev–Trinajstić information content (AvgIpc) is 2.24. The van der Waals surface area contributed by atoms with Crippen molar-refractivity contribution < 1.29 is 18.1 Å². The molecule has 0 aliphatic rings. The highest BCUT2D eigenvalue weighted by Crippen LogP contribution is 2.32. The molecule has 0 atom stereocenters. The van der Waals surface area contributed by atoms with Gasteiger partial charge < -0.3 is 0 Å². The minimum absolute atomic E-state index is 0.0686. The molecule has 0 radical (unpaired) electrons. The number of nitro groups is 1. The summed E-state index contributed by atoms with van der Waals surface area (Å²) in [5, 5.41) is 10.6. The highest BCUT2D eigenvalue weighted by atomic mass is 19.4. The lowest BCUT2D eigenvalue weighted by molar-refractivity contribution is -0.425. The summed E-state index contributed by atoms with van der Waals surface area (Å²) < 4.78 is 37.8. The van der Waals surface area contributed by atoms with E-state index < -0.39 is 16.7 Å². The minimum atomic E-state index is -4.51. The molecule has 0 fully saturated rings. The third-order valence-electron chi connectivity index (χ3n) is 2.19. The fraction of sp³-hybridized carbons (Fsp3) is 0.273. The van der Waals surface area contributed by atoms with E-state index in [2.05, 4.69) is 0 Å². The molecule has 0 aliphatic carbocycles. The molecule has 1 rings (SSSR count). The van der Waals surface area contributed by atoms with Crippen molar-refractivity contribution in [3.63, 3.8) is 0 Å². The van der Waals surface area contributed by atoms with E-state index in [9.17, 15) is 23.3 Å². The largest absolute Gasteiger partial charge is 0.416 e. The molecular formula is C11H10F3NO2. The molecule has 0 N–H and O–H groups in total. The normalized spacial score (nSPS) is 12.6. The molecule has 0 amide bonds. The van der Waals surface area contributed by atoms with E-state index in [4.69, 9.17) is 0 Å². The lowest BCUT2D eigenvalue weighted by atomic mass is 10.1. The van der Waals surface area contributed by atoms with E-state index in [0.717, 1.165) is 12.1 Å². The van der Waals surface area contributed by atoms with E-state index in [0.29, 0.717) is 0 Å². The molecule has 0 bridgehead atoms. The van der Waals surface area contributed by atoms with Crippen LogP contribution in [0.15, 0.2) is 30.0 Å². The van der Waals surface area contributed by atoms with Gasteiger partial charge in [0, 0.05) is 12.5 Å². The van der Waals surface area contributed by atoms with Crippen molar-refractivity contribution in [3.05, 3.63) is 51.2 Å². The maximum absolute atomic E-state index is 12.6. The Labute approximate surface area is 95.7 Å². The topological polar surface area (TPSA) is 43.1 Å². The van der Waals surface area contributed by atoms with Crippen LogP contribution in [0.2, 0.25) is 0 Å². The molecule has 17 heavy (non-hydrogen) atoms. The summed E-state index contributed by atoms with van der Waals surface area (Å²) in [6.07, 6.45) is -3.48. The fourth-order valence-corrected chi connectivity index (χ4v) is 1.34. The molecular weight excluding hydrogens is 235 g/mol. The van der Waals surface area contributed by atoms with Crippen LogP contribution in [-0.2, 0) is 6.18 Å². The van der Waals surface area contributed by atoms with E-state index in [-0.39, 0.29) is 17.7 Å². The van der Waals surface area contributed by atoms with Gasteiger partial charge in [-0.15, -0.1) is 0 Å². The molecule has 0 saturated heterocycles. The first kappa shape index (κ1) is 13.2. The molecule has 0 unspecified atom stereocenters. The highest BCUT2D eigenvalue weighted by Gasteiger charge is 2.32. The Bertz CT molecular complexity index is 452. The maximum atomic E-state index is 12.6. The van der Waals surface area contributed by atoms with Crippen molar-refractivity contribution in [1.82, 2.24) is 0 Å². The van der Waals surface area contributed by atoms with Crippen LogP contribution < -0.4 is 0 Å². The number of hydrogen-bond acceptors (Lipinski definition) is 2. The number of hydrogen-bond donors (Lipinski definition) is 0. The second-order valence-electron chi connectivity index (χ2n) is 3.33. The predicted molar refractivity (Wildman–Crippen MR) is 56.7 cm³/mol. The molecule has 6 heteroatoms. The summed E-state index contributed by atoms with van der Waals surface area (Å²) in [5.74, 6) is 0. The molecule has 1 aromatic rings. The second kappa shape index (κ2) is 4.99. The molecule has 0 heterocycles. The number of rotatable bonds is 3. The van der Waals surface area contributed by atoms with Crippen LogP contribution in [0, 0.1) is 10.1 Å². The average molecular weight is 245 g/mol. The third kappa shape index (κ3) is 3.30. The first-order valence-corrected chi connectivity index (χ1v) is 4.87. The van der Waals surface area contributed by atoms with E-state index in [1.807, 2.05) is 0 Å². The van der Waals surface area contributed by atoms with E-state index in [1.54, 1.807) is 0 Å². The summed E-state index contributed by atoms with van der Waals surface area (Å²) in [6, 6.07) is 4.77. The monoisotopic (exact) mass is 245 g/mol. The van der Waals surface area contributed by atoms with Crippen LogP contribution >= 0.6 is 0 Å². The zero-order chi connectivity index (χ0) is 13.1. The van der Waals surface area contributed by atoms with Gasteiger partial charge in [-0.3, -0.25) is 10.1 Å². The number of nitrogens with zero attached hydrogens (tertiary/aromatic N) is 1. The second-order valence-corrected chi connectivity index (χ2v) is 3.33. The first-order chi connectivity index (χ1) is 7.86. The summed E-state index contributed by atoms with van der Waals surface area (Å²) in [7, 11) is 0. The van der Waals surface area contributed by atoms with Crippen LogP contribution in [0.5, 0.6) is 0 Å². The fourth-order valence-electron chi connectivity index (χ4n) is 1.34. The molecule has 0 aromatic heterocycles. The Kier molecular flexibility index (Phi) is 3.88. The summed E-state index contributed by atoms with van der Waals surface area (Å²) >= 11 is 0. The quantitative estimate of drug-likeness (QED) is 0.601. The van der Waals surface area contributed by atoms with Gasteiger partial charge in [0.1, 0.15) is 0 Å². The summed E-state index contributed by atoms with van der Waals surface area (Å²) in [5.41, 5.74) is -1.30. The van der Waals surface area contributed by atoms with Gasteiger partial charge in [0.2, 0.25) is 5.70 Å². The number of allylic oxidation sites excluding steroid dienone is 1. The van der Waals surface area contributed by atoms with Crippen LogP contribution in [0.25, 0.3) is 6.08 Å². The zero-order valence-corrected chi connectivity index (χ0v) is 8.99. The van der Waals surface area contributed by atoms with Crippen LogP contribution in [0.3, 0.4) is 0 Å². The van der Waals surface area contributed by atoms with Gasteiger partial charge in [0.05, 0.1) is 10.5 Å². The highest BCUT2D eigenvalue weighted by molar-refractivity contribution is 5.56. The first-order valence-electron chi connectivity index (χ1n) is 4.87. The van der Waals surface area contributed by atoms with Gasteiger partial charge in [0.15, 0.2) is 0 Å². The van der Waals surface area contributed by atoms with Gasteiger partial charge in [0.25, 0.3) is 0 Å². The lowest BCUT2D eigenvalue weighted by Crippen LogP contribution is -2.07. The molecule has 1 aromatic carbocycles. The van der Waals surface area contributed by atoms with Crippen molar-refractivity contribution in [3.8, 4) is 0 Å².